The first-order valence-corrected chi connectivity index (χ1v) is 11.4. The van der Waals surface area contributed by atoms with Crippen LogP contribution < -0.4 is 0 Å². The van der Waals surface area contributed by atoms with Gasteiger partial charge in [0.15, 0.2) is 12.4 Å². The number of ether oxygens (including phenoxy) is 5. The fourth-order valence-electron chi connectivity index (χ4n) is 4.19. The van der Waals surface area contributed by atoms with E-state index in [9.17, 15) is 9.59 Å². The van der Waals surface area contributed by atoms with Gasteiger partial charge in [-0.15, -0.1) is 0 Å². The molecule has 2 heterocycles. The first-order chi connectivity index (χ1) is 13.6. The van der Waals surface area contributed by atoms with Crippen molar-refractivity contribution in [2.45, 2.75) is 90.6 Å². The van der Waals surface area contributed by atoms with Crippen molar-refractivity contribution >= 4 is 27.9 Å². The van der Waals surface area contributed by atoms with E-state index in [1.54, 1.807) is 0 Å². The summed E-state index contributed by atoms with van der Waals surface area (Å²) < 4.78 is 29.3. The average Bonchev–Trinajstić information content (AvgIpc) is 2.65. The molecule has 2 fully saturated rings. The summed E-state index contributed by atoms with van der Waals surface area (Å²) in [5, 5.41) is -0.412. The molecule has 0 spiro atoms. The van der Waals surface area contributed by atoms with Crippen LogP contribution in [0, 0.1) is 23.7 Å². The Morgan fingerprint density at radius 1 is 0.828 bits per heavy atom. The van der Waals surface area contributed by atoms with Gasteiger partial charge < -0.3 is 23.7 Å². The fourth-order valence-corrected chi connectivity index (χ4v) is 5.06. The van der Waals surface area contributed by atoms with Gasteiger partial charge in [0.1, 0.15) is 11.1 Å². The third-order valence-corrected chi connectivity index (χ3v) is 7.18. The number of carbonyl (C=O) groups excluding carboxylic acids is 2. The molecule has 8 heteroatoms. The Labute approximate surface area is 182 Å². The van der Waals surface area contributed by atoms with Crippen LogP contribution in [0.1, 0.15) is 54.9 Å². The number of carbonyl (C=O) groups is 2. The van der Waals surface area contributed by atoms with Gasteiger partial charge in [0.2, 0.25) is 0 Å². The number of halogens is 1. The summed E-state index contributed by atoms with van der Waals surface area (Å²) in [6.45, 7) is 13.4. The summed E-state index contributed by atoms with van der Waals surface area (Å²) in [5.41, 5.74) is 0. The maximum Gasteiger partial charge on any atom is 0.303 e. The number of rotatable bonds is 6. The lowest BCUT2D eigenvalue weighted by Crippen LogP contribution is -2.54. The van der Waals surface area contributed by atoms with Crippen LogP contribution >= 0.6 is 15.9 Å². The summed E-state index contributed by atoms with van der Waals surface area (Å²) in [4.78, 5) is 23.0. The molecule has 2 saturated heterocycles. The zero-order valence-corrected chi connectivity index (χ0v) is 20.0. The first kappa shape index (κ1) is 24.6. The van der Waals surface area contributed by atoms with Crippen LogP contribution in [0.25, 0.3) is 0 Å². The Morgan fingerprint density at radius 3 is 1.90 bits per heavy atom. The Bertz CT molecular complexity index is 571. The molecule has 2 aliphatic heterocycles. The van der Waals surface area contributed by atoms with Gasteiger partial charge in [-0.05, 0) is 18.3 Å². The molecule has 0 bridgehead atoms. The van der Waals surface area contributed by atoms with Crippen LogP contribution in [0.15, 0.2) is 0 Å². The Hall–Kier alpha value is -0.700. The van der Waals surface area contributed by atoms with Gasteiger partial charge in [-0.1, -0.05) is 50.5 Å². The first-order valence-electron chi connectivity index (χ1n) is 10.5. The maximum absolute atomic E-state index is 11.6. The summed E-state index contributed by atoms with van der Waals surface area (Å²) in [6, 6.07) is 0. The highest BCUT2D eigenvalue weighted by Crippen LogP contribution is 2.37. The van der Waals surface area contributed by atoms with Crippen LogP contribution in [-0.4, -0.2) is 54.3 Å². The lowest BCUT2D eigenvalue weighted by Gasteiger charge is -2.45. The minimum absolute atomic E-state index is 0.0442. The van der Waals surface area contributed by atoms with Gasteiger partial charge in [0, 0.05) is 25.7 Å². The van der Waals surface area contributed by atoms with E-state index >= 15 is 0 Å². The molecule has 2 aliphatic rings. The van der Waals surface area contributed by atoms with Gasteiger partial charge in [-0.2, -0.15) is 0 Å². The van der Waals surface area contributed by atoms with Gasteiger partial charge in [-0.3, -0.25) is 9.59 Å². The number of hydrogen-bond donors (Lipinski definition) is 0. The van der Waals surface area contributed by atoms with Crippen molar-refractivity contribution in [2.75, 3.05) is 6.61 Å². The highest BCUT2D eigenvalue weighted by Gasteiger charge is 2.46. The molecular formula is C21H35BrO7. The average molecular weight is 479 g/mol. The molecule has 0 saturated carbocycles. The molecule has 168 valence electrons. The van der Waals surface area contributed by atoms with Crippen molar-refractivity contribution in [1.29, 1.82) is 0 Å². The van der Waals surface area contributed by atoms with Crippen molar-refractivity contribution in [3.63, 3.8) is 0 Å². The smallest absolute Gasteiger partial charge is 0.303 e. The summed E-state index contributed by atoms with van der Waals surface area (Å²) in [5.74, 6) is -0.118. The highest BCUT2D eigenvalue weighted by molar-refractivity contribution is 9.09. The predicted molar refractivity (Wildman–Crippen MR) is 110 cm³/mol. The standard InChI is InChI=1S/C21H35BrO7/c1-8-16-10(2)13(5)19(27-15(7)24)21(29-16)25-9-17-11(3)12(4)18(20(22)28-17)26-14(6)23/h10-13,16-21H,8-9H2,1-7H3/t10-,11-,12-,13-,16+,17+,18+,19+,20-,21+/m0/s1. The number of esters is 2. The van der Waals surface area contributed by atoms with Crippen LogP contribution in [0.5, 0.6) is 0 Å². The summed E-state index contributed by atoms with van der Waals surface area (Å²) in [7, 11) is 0. The van der Waals surface area contributed by atoms with Crippen LogP contribution in [-0.2, 0) is 33.3 Å². The fraction of sp³-hybridized carbons (Fsp3) is 0.905. The minimum Gasteiger partial charge on any atom is -0.459 e. The minimum atomic E-state index is -0.638. The topological polar surface area (TPSA) is 80.3 Å². The normalized spacial score (nSPS) is 42.9. The van der Waals surface area contributed by atoms with E-state index in [1.165, 1.54) is 13.8 Å². The van der Waals surface area contributed by atoms with E-state index in [4.69, 9.17) is 23.7 Å². The Morgan fingerprint density at radius 2 is 1.34 bits per heavy atom. The molecular weight excluding hydrogens is 444 g/mol. The zero-order chi connectivity index (χ0) is 21.9. The van der Waals surface area contributed by atoms with Gasteiger partial charge in [-0.25, -0.2) is 0 Å². The van der Waals surface area contributed by atoms with E-state index in [1.807, 2.05) is 6.92 Å². The molecule has 0 aliphatic carbocycles. The molecule has 10 atom stereocenters. The van der Waals surface area contributed by atoms with E-state index in [-0.39, 0.29) is 53.9 Å². The van der Waals surface area contributed by atoms with Crippen molar-refractivity contribution in [1.82, 2.24) is 0 Å². The molecule has 0 radical (unpaired) electrons. The van der Waals surface area contributed by atoms with Crippen LogP contribution in [0.2, 0.25) is 0 Å². The molecule has 0 aromatic heterocycles. The highest BCUT2D eigenvalue weighted by atomic mass is 79.9. The monoisotopic (exact) mass is 478 g/mol. The Kier molecular flexibility index (Phi) is 8.94. The zero-order valence-electron chi connectivity index (χ0n) is 18.4. The second-order valence-electron chi connectivity index (χ2n) is 8.39. The molecule has 0 unspecified atom stereocenters. The van der Waals surface area contributed by atoms with Crippen molar-refractivity contribution in [3.8, 4) is 0 Å². The SMILES string of the molecule is CC[C@H]1O[C@@H](OC[C@H]2O[C@H](Br)[C@H](OC(C)=O)[C@@H](C)[C@@H]2C)[C@H](OC(C)=O)[C@@H](C)[C@@H]1C. The van der Waals surface area contributed by atoms with Crippen molar-refractivity contribution < 1.29 is 33.3 Å². The predicted octanol–water partition coefficient (Wildman–Crippen LogP) is 3.67. The van der Waals surface area contributed by atoms with Gasteiger partial charge in [0.05, 0.1) is 18.8 Å². The van der Waals surface area contributed by atoms with Crippen molar-refractivity contribution in [2.24, 2.45) is 23.7 Å². The Balaban J connectivity index is 2.05. The maximum atomic E-state index is 11.6. The quantitative estimate of drug-likeness (QED) is 0.425. The summed E-state index contributed by atoms with van der Waals surface area (Å²) >= 11 is 3.48. The van der Waals surface area contributed by atoms with E-state index in [2.05, 4.69) is 43.6 Å². The third-order valence-electron chi connectivity index (χ3n) is 6.44. The largest absolute Gasteiger partial charge is 0.459 e. The number of hydrogen-bond acceptors (Lipinski definition) is 7. The summed E-state index contributed by atoms with van der Waals surface area (Å²) in [6.07, 6.45) is -0.765. The van der Waals surface area contributed by atoms with Crippen molar-refractivity contribution in [3.05, 3.63) is 0 Å². The molecule has 0 aromatic carbocycles. The van der Waals surface area contributed by atoms with E-state index in [0.717, 1.165) is 6.42 Å². The molecule has 29 heavy (non-hydrogen) atoms. The van der Waals surface area contributed by atoms with E-state index in [0.29, 0.717) is 6.61 Å². The lowest BCUT2D eigenvalue weighted by atomic mass is 9.82. The molecule has 0 N–H and O–H groups in total. The second kappa shape index (κ2) is 10.6. The molecule has 0 amide bonds. The van der Waals surface area contributed by atoms with Gasteiger partial charge >= 0.3 is 11.9 Å². The molecule has 0 aromatic rings. The lowest BCUT2D eigenvalue weighted by molar-refractivity contribution is -0.286. The molecule has 7 nitrogen and oxygen atoms in total. The molecule has 2 rings (SSSR count). The third kappa shape index (κ3) is 5.93. The van der Waals surface area contributed by atoms with Crippen LogP contribution in [0.4, 0.5) is 0 Å². The van der Waals surface area contributed by atoms with Crippen LogP contribution in [0.3, 0.4) is 0 Å². The van der Waals surface area contributed by atoms with Gasteiger partial charge in [0.25, 0.3) is 0 Å². The van der Waals surface area contributed by atoms with E-state index < -0.39 is 17.4 Å². The second-order valence-corrected chi connectivity index (χ2v) is 9.30. The number of alkyl halides is 1.